The SMILES string of the molecule is CN(CCNC(=O)Cc1ccc(N)cc1)Cc1ccc(F)cc1.Cl.Cl. The maximum Gasteiger partial charge on any atom is 0.224 e. The van der Waals surface area contributed by atoms with E-state index in [9.17, 15) is 9.18 Å². The summed E-state index contributed by atoms with van der Waals surface area (Å²) >= 11 is 0. The lowest BCUT2D eigenvalue weighted by Gasteiger charge is -2.17. The van der Waals surface area contributed by atoms with Crippen molar-refractivity contribution in [2.45, 2.75) is 13.0 Å². The first-order valence-corrected chi connectivity index (χ1v) is 7.57. The van der Waals surface area contributed by atoms with Gasteiger partial charge in [0.25, 0.3) is 0 Å². The van der Waals surface area contributed by atoms with Gasteiger partial charge >= 0.3 is 0 Å². The summed E-state index contributed by atoms with van der Waals surface area (Å²) in [4.78, 5) is 14.0. The Morgan fingerprint density at radius 3 is 2.20 bits per heavy atom. The van der Waals surface area contributed by atoms with E-state index < -0.39 is 0 Å². The lowest BCUT2D eigenvalue weighted by molar-refractivity contribution is -0.120. The Morgan fingerprint density at radius 2 is 1.60 bits per heavy atom. The van der Waals surface area contributed by atoms with Crippen molar-refractivity contribution < 1.29 is 9.18 Å². The maximum atomic E-state index is 12.8. The Morgan fingerprint density at radius 1 is 1.04 bits per heavy atom. The second-order valence-electron chi connectivity index (χ2n) is 5.63. The van der Waals surface area contributed by atoms with Crippen LogP contribution in [0.15, 0.2) is 48.5 Å². The molecule has 0 aliphatic carbocycles. The summed E-state index contributed by atoms with van der Waals surface area (Å²) in [5.74, 6) is -0.240. The Balaban J connectivity index is 0.00000288. The van der Waals surface area contributed by atoms with E-state index >= 15 is 0 Å². The number of carbonyl (C=O) groups is 1. The molecule has 0 aliphatic rings. The summed E-state index contributed by atoms with van der Waals surface area (Å²) in [6.45, 7) is 2.02. The maximum absolute atomic E-state index is 12.8. The summed E-state index contributed by atoms with van der Waals surface area (Å²) in [6.07, 6.45) is 0.349. The predicted molar refractivity (Wildman–Crippen MR) is 105 cm³/mol. The van der Waals surface area contributed by atoms with Crippen LogP contribution in [0.1, 0.15) is 11.1 Å². The summed E-state index contributed by atoms with van der Waals surface area (Å²) in [5.41, 5.74) is 8.29. The van der Waals surface area contributed by atoms with Crippen LogP contribution in [0.2, 0.25) is 0 Å². The third kappa shape index (κ3) is 8.72. The molecule has 0 bridgehead atoms. The molecule has 0 heterocycles. The van der Waals surface area contributed by atoms with E-state index in [1.54, 1.807) is 24.3 Å². The van der Waals surface area contributed by atoms with Crippen LogP contribution >= 0.6 is 24.8 Å². The smallest absolute Gasteiger partial charge is 0.224 e. The molecular formula is C18H24Cl2FN3O. The van der Waals surface area contributed by atoms with Crippen LogP contribution < -0.4 is 11.1 Å². The highest BCUT2D eigenvalue weighted by Crippen LogP contribution is 2.06. The Bertz CT molecular complexity index is 636. The zero-order valence-corrected chi connectivity index (χ0v) is 15.7. The fourth-order valence-electron chi connectivity index (χ4n) is 2.25. The number of amides is 1. The highest BCUT2D eigenvalue weighted by Gasteiger charge is 2.05. The average molecular weight is 388 g/mol. The molecule has 2 aromatic carbocycles. The fourth-order valence-corrected chi connectivity index (χ4v) is 2.25. The third-order valence-corrected chi connectivity index (χ3v) is 3.53. The van der Waals surface area contributed by atoms with Crippen LogP contribution in [0.25, 0.3) is 0 Å². The van der Waals surface area contributed by atoms with Gasteiger partial charge in [-0.2, -0.15) is 0 Å². The molecule has 0 aromatic heterocycles. The number of nitrogens with zero attached hydrogens (tertiary/aromatic N) is 1. The minimum Gasteiger partial charge on any atom is -0.399 e. The Kier molecular flexibility index (Phi) is 10.8. The van der Waals surface area contributed by atoms with Crippen LogP contribution in [0.4, 0.5) is 10.1 Å². The van der Waals surface area contributed by atoms with E-state index in [2.05, 4.69) is 10.2 Å². The highest BCUT2D eigenvalue weighted by atomic mass is 35.5. The Hall–Kier alpha value is -1.82. The number of hydrogen-bond acceptors (Lipinski definition) is 3. The van der Waals surface area contributed by atoms with Gasteiger partial charge in [0, 0.05) is 25.3 Å². The second-order valence-corrected chi connectivity index (χ2v) is 5.63. The molecule has 2 aromatic rings. The first-order valence-electron chi connectivity index (χ1n) is 7.57. The largest absolute Gasteiger partial charge is 0.399 e. The molecule has 0 atom stereocenters. The topological polar surface area (TPSA) is 58.4 Å². The van der Waals surface area contributed by atoms with Gasteiger partial charge in [-0.05, 0) is 42.4 Å². The summed E-state index contributed by atoms with van der Waals surface area (Å²) in [6, 6.07) is 13.7. The Labute approximate surface area is 160 Å². The molecule has 138 valence electrons. The molecule has 0 fully saturated rings. The predicted octanol–water partition coefficient (Wildman–Crippen LogP) is 3.04. The van der Waals surface area contributed by atoms with E-state index in [1.807, 2.05) is 19.2 Å². The van der Waals surface area contributed by atoms with E-state index in [0.717, 1.165) is 17.7 Å². The number of carbonyl (C=O) groups excluding carboxylic acids is 1. The van der Waals surface area contributed by atoms with Crippen molar-refractivity contribution in [3.8, 4) is 0 Å². The molecule has 25 heavy (non-hydrogen) atoms. The number of halogens is 3. The van der Waals surface area contributed by atoms with Gasteiger partial charge in [0.2, 0.25) is 5.91 Å². The number of rotatable bonds is 7. The van der Waals surface area contributed by atoms with Gasteiger partial charge in [-0.15, -0.1) is 24.8 Å². The third-order valence-electron chi connectivity index (χ3n) is 3.53. The van der Waals surface area contributed by atoms with Crippen molar-refractivity contribution in [2.24, 2.45) is 0 Å². The first-order chi connectivity index (χ1) is 11.0. The van der Waals surface area contributed by atoms with Gasteiger partial charge in [0.15, 0.2) is 0 Å². The molecule has 3 N–H and O–H groups in total. The fraction of sp³-hybridized carbons (Fsp3) is 0.278. The number of anilines is 1. The van der Waals surface area contributed by atoms with Crippen molar-refractivity contribution in [3.63, 3.8) is 0 Å². The number of nitrogens with two attached hydrogens (primary N) is 1. The number of benzene rings is 2. The molecule has 0 radical (unpaired) electrons. The van der Waals surface area contributed by atoms with Gasteiger partial charge in [0.05, 0.1) is 6.42 Å². The van der Waals surface area contributed by atoms with Crippen LogP contribution in [0.3, 0.4) is 0 Å². The van der Waals surface area contributed by atoms with Gasteiger partial charge in [0.1, 0.15) is 5.82 Å². The van der Waals surface area contributed by atoms with Crippen molar-refractivity contribution in [1.82, 2.24) is 10.2 Å². The highest BCUT2D eigenvalue weighted by molar-refractivity contribution is 5.85. The van der Waals surface area contributed by atoms with Crippen LogP contribution in [-0.4, -0.2) is 30.9 Å². The summed E-state index contributed by atoms with van der Waals surface area (Å²) in [5, 5.41) is 2.90. The molecule has 0 saturated carbocycles. The number of hydrogen-bond donors (Lipinski definition) is 2. The monoisotopic (exact) mass is 387 g/mol. The molecule has 1 amide bonds. The summed E-state index contributed by atoms with van der Waals surface area (Å²) in [7, 11) is 1.97. The van der Waals surface area contributed by atoms with Gasteiger partial charge in [-0.1, -0.05) is 24.3 Å². The van der Waals surface area contributed by atoms with Gasteiger partial charge < -0.3 is 16.0 Å². The van der Waals surface area contributed by atoms with E-state index in [4.69, 9.17) is 5.73 Å². The zero-order chi connectivity index (χ0) is 16.7. The number of likely N-dealkylation sites (N-methyl/N-ethyl adjacent to an activating group) is 1. The standard InChI is InChI=1S/C18H22FN3O.2ClH/c1-22(13-15-2-6-16(19)7-3-15)11-10-21-18(23)12-14-4-8-17(20)9-5-14;;/h2-9H,10-13,20H2,1H3,(H,21,23);2*1H. The second kappa shape index (κ2) is 11.7. The molecule has 4 nitrogen and oxygen atoms in total. The number of nitrogen functional groups attached to an aromatic ring is 1. The van der Waals surface area contributed by atoms with Crippen molar-refractivity contribution >= 4 is 36.4 Å². The van der Waals surface area contributed by atoms with Crippen molar-refractivity contribution in [2.75, 3.05) is 25.9 Å². The molecule has 0 aliphatic heterocycles. The normalized spacial score (nSPS) is 9.88. The van der Waals surface area contributed by atoms with Gasteiger partial charge in [-0.25, -0.2) is 4.39 Å². The lowest BCUT2D eigenvalue weighted by Crippen LogP contribution is -2.33. The number of nitrogens with one attached hydrogen (secondary N) is 1. The molecule has 0 unspecified atom stereocenters. The lowest BCUT2D eigenvalue weighted by atomic mass is 10.1. The van der Waals surface area contributed by atoms with Gasteiger partial charge in [-0.3, -0.25) is 4.79 Å². The first kappa shape index (κ1) is 23.2. The zero-order valence-electron chi connectivity index (χ0n) is 14.1. The van der Waals surface area contributed by atoms with Crippen LogP contribution in [-0.2, 0) is 17.8 Å². The molecule has 0 saturated heterocycles. The van der Waals surface area contributed by atoms with Crippen molar-refractivity contribution in [3.05, 3.63) is 65.5 Å². The molecule has 7 heteroatoms. The molecular weight excluding hydrogens is 364 g/mol. The average Bonchev–Trinajstić information content (AvgIpc) is 2.52. The van der Waals surface area contributed by atoms with Crippen molar-refractivity contribution in [1.29, 1.82) is 0 Å². The van der Waals surface area contributed by atoms with Crippen LogP contribution in [0, 0.1) is 5.82 Å². The van der Waals surface area contributed by atoms with E-state index in [0.29, 0.717) is 25.2 Å². The minimum atomic E-state index is -0.230. The van der Waals surface area contributed by atoms with E-state index in [1.165, 1.54) is 12.1 Å². The quantitative estimate of drug-likeness (QED) is 0.717. The minimum absolute atomic E-state index is 0. The molecule has 0 spiro atoms. The van der Waals surface area contributed by atoms with E-state index in [-0.39, 0.29) is 36.5 Å². The van der Waals surface area contributed by atoms with Crippen LogP contribution in [0.5, 0.6) is 0 Å². The molecule has 2 rings (SSSR count). The summed E-state index contributed by atoms with van der Waals surface area (Å²) < 4.78 is 12.8.